The van der Waals surface area contributed by atoms with Crippen molar-refractivity contribution in [1.82, 2.24) is 14.9 Å². The molecule has 3 aromatic rings. The number of oxazole rings is 1. The van der Waals surface area contributed by atoms with Crippen molar-refractivity contribution in [3.05, 3.63) is 54.4 Å². The van der Waals surface area contributed by atoms with Crippen LogP contribution in [-0.4, -0.2) is 47.0 Å². The van der Waals surface area contributed by atoms with Gasteiger partial charge in [-0.1, -0.05) is 12.1 Å². The number of anilines is 1. The molecule has 4 heterocycles. The number of amides is 1. The van der Waals surface area contributed by atoms with Crippen LogP contribution < -0.4 is 4.90 Å². The Morgan fingerprint density at radius 2 is 1.83 bits per heavy atom. The van der Waals surface area contributed by atoms with E-state index in [1.807, 2.05) is 48.8 Å². The fourth-order valence-electron chi connectivity index (χ4n) is 4.70. The molecule has 2 aliphatic heterocycles. The number of hydrogen-bond donors (Lipinski definition) is 0. The maximum absolute atomic E-state index is 12.5. The van der Waals surface area contributed by atoms with Crippen LogP contribution in [0.2, 0.25) is 0 Å². The highest BCUT2D eigenvalue weighted by atomic mass is 16.4. The monoisotopic (exact) mass is 390 g/mol. The van der Waals surface area contributed by atoms with E-state index < -0.39 is 0 Å². The summed E-state index contributed by atoms with van der Waals surface area (Å²) in [6, 6.07) is 12.7. The molecule has 0 atom stereocenters. The third-order valence-corrected chi connectivity index (χ3v) is 6.55. The lowest BCUT2D eigenvalue weighted by Gasteiger charge is -2.47. The molecule has 2 aliphatic rings. The molecular weight excluding hydrogens is 364 g/mol. The quantitative estimate of drug-likeness (QED) is 0.680. The maximum atomic E-state index is 12.5. The first-order valence-electron chi connectivity index (χ1n) is 10.5. The lowest BCUT2D eigenvalue weighted by molar-refractivity contribution is -0.138. The van der Waals surface area contributed by atoms with Crippen molar-refractivity contribution in [3.8, 4) is 0 Å². The molecule has 0 aliphatic carbocycles. The zero-order valence-electron chi connectivity index (χ0n) is 16.6. The van der Waals surface area contributed by atoms with Gasteiger partial charge in [0.25, 0.3) is 6.01 Å². The van der Waals surface area contributed by atoms with E-state index in [0.29, 0.717) is 12.3 Å². The van der Waals surface area contributed by atoms with Gasteiger partial charge >= 0.3 is 0 Å². The first-order valence-corrected chi connectivity index (χ1v) is 10.5. The van der Waals surface area contributed by atoms with Crippen molar-refractivity contribution in [2.75, 3.05) is 31.1 Å². The molecule has 2 aromatic heterocycles. The van der Waals surface area contributed by atoms with Gasteiger partial charge in [-0.05, 0) is 60.9 Å². The number of carbonyl (C=O) groups is 1. The average Bonchev–Trinajstić information content (AvgIpc) is 3.20. The Labute approximate surface area is 170 Å². The molecule has 0 radical (unpaired) electrons. The van der Waals surface area contributed by atoms with Crippen LogP contribution in [0.1, 0.15) is 31.2 Å². The second-order valence-electron chi connectivity index (χ2n) is 8.37. The minimum absolute atomic E-state index is 0.231. The molecule has 0 bridgehead atoms. The van der Waals surface area contributed by atoms with Crippen LogP contribution >= 0.6 is 0 Å². The molecule has 0 saturated carbocycles. The number of nitrogens with zero attached hydrogens (tertiary/aromatic N) is 4. The van der Waals surface area contributed by atoms with Crippen LogP contribution in [0.25, 0.3) is 11.1 Å². The van der Waals surface area contributed by atoms with E-state index in [0.717, 1.165) is 69.0 Å². The number of pyridine rings is 1. The normalized spacial score (nSPS) is 19.2. The highest BCUT2D eigenvalue weighted by Gasteiger charge is 2.41. The summed E-state index contributed by atoms with van der Waals surface area (Å²) in [5.74, 6) is 0.297. The number of para-hydroxylation sites is 2. The summed E-state index contributed by atoms with van der Waals surface area (Å²) in [7, 11) is 0. The summed E-state index contributed by atoms with van der Waals surface area (Å²) in [5.41, 5.74) is 3.22. The molecule has 6 heteroatoms. The minimum Gasteiger partial charge on any atom is -0.423 e. The van der Waals surface area contributed by atoms with Crippen molar-refractivity contribution in [2.45, 2.75) is 32.1 Å². The third-order valence-electron chi connectivity index (χ3n) is 6.55. The van der Waals surface area contributed by atoms with Gasteiger partial charge in [0, 0.05) is 45.0 Å². The van der Waals surface area contributed by atoms with Gasteiger partial charge in [-0.2, -0.15) is 4.98 Å². The van der Waals surface area contributed by atoms with E-state index in [4.69, 9.17) is 4.42 Å². The number of hydrogen-bond acceptors (Lipinski definition) is 5. The Bertz CT molecular complexity index is 959. The van der Waals surface area contributed by atoms with Crippen LogP contribution in [0.5, 0.6) is 0 Å². The number of benzene rings is 1. The highest BCUT2D eigenvalue weighted by Crippen LogP contribution is 2.41. The SMILES string of the molecule is O=C1CCC2(CCN(c3nc4ccccc4o3)CC2)CN1CCc1ccncc1. The van der Waals surface area contributed by atoms with Gasteiger partial charge < -0.3 is 14.2 Å². The fourth-order valence-corrected chi connectivity index (χ4v) is 4.70. The Morgan fingerprint density at radius 3 is 2.62 bits per heavy atom. The van der Waals surface area contributed by atoms with Gasteiger partial charge in [0.05, 0.1) is 0 Å². The Kier molecular flexibility index (Phi) is 4.70. The molecule has 2 saturated heterocycles. The largest absolute Gasteiger partial charge is 0.423 e. The molecule has 29 heavy (non-hydrogen) atoms. The molecule has 1 aromatic carbocycles. The smallest absolute Gasteiger partial charge is 0.298 e. The second-order valence-corrected chi connectivity index (χ2v) is 8.37. The predicted molar refractivity (Wildman–Crippen MR) is 112 cm³/mol. The zero-order valence-corrected chi connectivity index (χ0v) is 16.6. The van der Waals surface area contributed by atoms with Crippen molar-refractivity contribution >= 4 is 23.0 Å². The topological polar surface area (TPSA) is 62.5 Å². The van der Waals surface area contributed by atoms with Crippen LogP contribution in [-0.2, 0) is 11.2 Å². The summed E-state index contributed by atoms with van der Waals surface area (Å²) in [4.78, 5) is 25.6. The number of carbonyl (C=O) groups excluding carboxylic acids is 1. The maximum Gasteiger partial charge on any atom is 0.298 e. The summed E-state index contributed by atoms with van der Waals surface area (Å²) < 4.78 is 5.95. The Balaban J connectivity index is 1.23. The Morgan fingerprint density at radius 1 is 1.03 bits per heavy atom. The lowest BCUT2D eigenvalue weighted by Crippen LogP contribution is -2.52. The molecule has 0 unspecified atom stereocenters. The fraction of sp³-hybridized carbons (Fsp3) is 0.435. The van der Waals surface area contributed by atoms with Crippen molar-refractivity contribution in [3.63, 3.8) is 0 Å². The predicted octanol–water partition coefficient (Wildman–Crippen LogP) is 3.67. The van der Waals surface area contributed by atoms with E-state index in [1.54, 1.807) is 0 Å². The summed E-state index contributed by atoms with van der Waals surface area (Å²) in [5, 5.41) is 0. The Hall–Kier alpha value is -2.89. The van der Waals surface area contributed by atoms with Crippen molar-refractivity contribution in [1.29, 1.82) is 0 Å². The second kappa shape index (κ2) is 7.50. The summed E-state index contributed by atoms with van der Waals surface area (Å²) in [6.07, 6.45) is 8.33. The number of piperidine rings is 2. The van der Waals surface area contributed by atoms with Crippen molar-refractivity contribution < 1.29 is 9.21 Å². The summed E-state index contributed by atoms with van der Waals surface area (Å²) in [6.45, 7) is 3.52. The number of likely N-dealkylation sites (tertiary alicyclic amines) is 1. The van der Waals surface area contributed by atoms with Crippen LogP contribution in [0.15, 0.2) is 53.2 Å². The molecule has 150 valence electrons. The molecule has 0 N–H and O–H groups in total. The van der Waals surface area contributed by atoms with Gasteiger partial charge in [0.1, 0.15) is 5.52 Å². The van der Waals surface area contributed by atoms with Crippen LogP contribution in [0.3, 0.4) is 0 Å². The number of fused-ring (bicyclic) bond motifs is 1. The van der Waals surface area contributed by atoms with Gasteiger partial charge in [0.15, 0.2) is 5.58 Å². The number of rotatable bonds is 4. The highest BCUT2D eigenvalue weighted by molar-refractivity contribution is 5.77. The first kappa shape index (κ1) is 18.2. The van der Waals surface area contributed by atoms with Crippen LogP contribution in [0, 0.1) is 5.41 Å². The molecule has 6 nitrogen and oxygen atoms in total. The molecule has 5 rings (SSSR count). The van der Waals surface area contributed by atoms with E-state index in [9.17, 15) is 4.79 Å². The van der Waals surface area contributed by atoms with Gasteiger partial charge in [0.2, 0.25) is 5.91 Å². The van der Waals surface area contributed by atoms with E-state index in [2.05, 4.69) is 19.8 Å². The standard InChI is InChI=1S/C23H26N4O2/c28-21-5-9-23(17-27(21)14-8-18-6-12-24-13-7-18)10-15-26(16-11-23)22-25-19-3-1-2-4-20(19)29-22/h1-4,6-7,12-13H,5,8-11,14-17H2. The molecular formula is C23H26N4O2. The summed E-state index contributed by atoms with van der Waals surface area (Å²) >= 11 is 0. The van der Waals surface area contributed by atoms with Gasteiger partial charge in [-0.25, -0.2) is 0 Å². The molecule has 1 spiro atoms. The lowest BCUT2D eigenvalue weighted by atomic mass is 9.72. The molecule has 2 fully saturated rings. The van der Waals surface area contributed by atoms with Gasteiger partial charge in [-0.3, -0.25) is 9.78 Å². The van der Waals surface area contributed by atoms with Gasteiger partial charge in [-0.15, -0.1) is 0 Å². The number of aromatic nitrogens is 2. The average molecular weight is 390 g/mol. The minimum atomic E-state index is 0.231. The van der Waals surface area contributed by atoms with E-state index in [-0.39, 0.29) is 5.41 Å². The zero-order chi connectivity index (χ0) is 19.7. The third kappa shape index (κ3) is 3.71. The van der Waals surface area contributed by atoms with Crippen LogP contribution in [0.4, 0.5) is 6.01 Å². The van der Waals surface area contributed by atoms with E-state index >= 15 is 0 Å². The first-order chi connectivity index (χ1) is 14.2. The van der Waals surface area contributed by atoms with E-state index in [1.165, 1.54) is 5.56 Å². The molecule has 1 amide bonds. The van der Waals surface area contributed by atoms with Crippen molar-refractivity contribution in [2.24, 2.45) is 5.41 Å².